The van der Waals surface area contributed by atoms with Crippen LogP contribution in [0.4, 0.5) is 20.7 Å². The molecule has 4 rings (SSSR count). The number of fused-ring (bicyclic) bond motifs is 1. The van der Waals surface area contributed by atoms with Crippen LogP contribution in [0.1, 0.15) is 18.4 Å². The molecule has 1 aliphatic rings. The molecule has 2 unspecified atom stereocenters. The summed E-state index contributed by atoms with van der Waals surface area (Å²) in [5.41, 5.74) is 7.07. The molecular formula is C24H26ClFN6O4. The molecule has 0 saturated carbocycles. The van der Waals surface area contributed by atoms with Gasteiger partial charge in [0.15, 0.2) is 5.82 Å². The van der Waals surface area contributed by atoms with E-state index in [4.69, 9.17) is 22.1 Å². The lowest BCUT2D eigenvalue weighted by molar-refractivity contribution is -0.124. The summed E-state index contributed by atoms with van der Waals surface area (Å²) in [5, 5.41) is 13.0. The number of benzene rings is 2. The third kappa shape index (κ3) is 5.12. The predicted molar refractivity (Wildman–Crippen MR) is 133 cm³/mol. The van der Waals surface area contributed by atoms with Crippen molar-refractivity contribution in [3.8, 4) is 5.75 Å². The standard InChI is InChI=1S/C24H26ClFN6O4/c1-31(14-6-7-32(24(34)35)19(9-14)22(27)33)11-13-8-15-18(10-20(13)36-2)28-12-29-23(15)30-17-5-3-4-16(25)21(17)26/h3-5,8,10,12,14,19H,6-7,9,11H2,1-2H3,(H2,27,33)(H,34,35)(H,28,29,30). The Morgan fingerprint density at radius 3 is 2.83 bits per heavy atom. The molecule has 10 nitrogen and oxygen atoms in total. The number of aromatic nitrogens is 2. The van der Waals surface area contributed by atoms with Gasteiger partial charge in [-0.05, 0) is 38.1 Å². The molecule has 1 aromatic heterocycles. The molecule has 0 spiro atoms. The van der Waals surface area contributed by atoms with Crippen LogP contribution in [0, 0.1) is 5.82 Å². The first-order valence-corrected chi connectivity index (χ1v) is 11.6. The molecule has 12 heteroatoms. The first-order chi connectivity index (χ1) is 17.2. The molecule has 1 aliphatic heterocycles. The smallest absolute Gasteiger partial charge is 0.407 e. The summed E-state index contributed by atoms with van der Waals surface area (Å²) < 4.78 is 20.1. The number of likely N-dealkylation sites (tertiary alicyclic amines) is 1. The maximum Gasteiger partial charge on any atom is 0.407 e. The summed E-state index contributed by atoms with van der Waals surface area (Å²) in [7, 11) is 3.45. The fourth-order valence-corrected chi connectivity index (χ4v) is 4.69. The number of nitrogens with one attached hydrogen (secondary N) is 1. The molecule has 2 amide bonds. The van der Waals surface area contributed by atoms with Gasteiger partial charge in [-0.2, -0.15) is 0 Å². The highest BCUT2D eigenvalue weighted by molar-refractivity contribution is 6.31. The highest BCUT2D eigenvalue weighted by Crippen LogP contribution is 2.33. The second kappa shape index (κ2) is 10.5. The van der Waals surface area contributed by atoms with Gasteiger partial charge >= 0.3 is 6.09 Å². The number of methoxy groups -OCH3 is 1. The van der Waals surface area contributed by atoms with Crippen molar-refractivity contribution in [2.45, 2.75) is 31.5 Å². The van der Waals surface area contributed by atoms with Gasteiger partial charge in [0.05, 0.1) is 23.3 Å². The van der Waals surface area contributed by atoms with Crippen molar-refractivity contribution in [2.75, 3.05) is 26.0 Å². The zero-order valence-corrected chi connectivity index (χ0v) is 20.5. The molecule has 4 N–H and O–H groups in total. The van der Waals surface area contributed by atoms with Crippen molar-refractivity contribution in [3.05, 3.63) is 53.1 Å². The number of carbonyl (C=O) groups excluding carboxylic acids is 1. The maximum absolute atomic E-state index is 14.5. The van der Waals surface area contributed by atoms with Crippen molar-refractivity contribution in [2.24, 2.45) is 5.73 Å². The maximum atomic E-state index is 14.5. The number of amides is 2. The SMILES string of the molecule is COc1cc2ncnc(Nc3cccc(Cl)c3F)c2cc1CN(C)C1CCN(C(=O)O)C(C(N)=O)C1. The second-order valence-electron chi connectivity index (χ2n) is 8.62. The third-order valence-electron chi connectivity index (χ3n) is 6.43. The topological polar surface area (TPSA) is 134 Å². The van der Waals surface area contributed by atoms with E-state index in [-0.39, 0.29) is 29.7 Å². The van der Waals surface area contributed by atoms with E-state index in [1.165, 1.54) is 12.4 Å². The molecular weight excluding hydrogens is 491 g/mol. The fourth-order valence-electron chi connectivity index (χ4n) is 4.51. The lowest BCUT2D eigenvalue weighted by atomic mass is 9.95. The second-order valence-corrected chi connectivity index (χ2v) is 9.02. The molecule has 3 aromatic rings. The minimum absolute atomic E-state index is 0.00874. The molecule has 0 bridgehead atoms. The minimum atomic E-state index is -1.16. The molecule has 190 valence electrons. The number of primary amides is 1. The van der Waals surface area contributed by atoms with Crippen LogP contribution in [0.3, 0.4) is 0 Å². The predicted octanol–water partition coefficient (Wildman–Crippen LogP) is 3.60. The van der Waals surface area contributed by atoms with Gasteiger partial charge in [-0.1, -0.05) is 17.7 Å². The largest absolute Gasteiger partial charge is 0.496 e. The Morgan fingerprint density at radius 1 is 1.36 bits per heavy atom. The van der Waals surface area contributed by atoms with E-state index >= 15 is 0 Å². The molecule has 1 fully saturated rings. The number of carboxylic acid groups (broad SMARTS) is 1. The van der Waals surface area contributed by atoms with E-state index in [2.05, 4.69) is 15.3 Å². The highest BCUT2D eigenvalue weighted by Gasteiger charge is 2.36. The van der Waals surface area contributed by atoms with Gasteiger partial charge in [0.1, 0.15) is 23.9 Å². The molecule has 0 radical (unpaired) electrons. The Labute approximate surface area is 211 Å². The van der Waals surface area contributed by atoms with Crippen molar-refractivity contribution in [3.63, 3.8) is 0 Å². The summed E-state index contributed by atoms with van der Waals surface area (Å²) in [6.07, 6.45) is 1.05. The van der Waals surface area contributed by atoms with E-state index in [1.54, 1.807) is 25.3 Å². The average Bonchev–Trinajstić information content (AvgIpc) is 2.86. The van der Waals surface area contributed by atoms with E-state index in [0.717, 1.165) is 10.5 Å². The van der Waals surface area contributed by atoms with Crippen LogP contribution < -0.4 is 15.8 Å². The summed E-state index contributed by atoms with van der Waals surface area (Å²) >= 11 is 5.92. The molecule has 0 aliphatic carbocycles. The van der Waals surface area contributed by atoms with Crippen LogP contribution in [0.15, 0.2) is 36.7 Å². The zero-order chi connectivity index (χ0) is 26.0. The van der Waals surface area contributed by atoms with Crippen molar-refractivity contribution in [1.82, 2.24) is 19.8 Å². The lowest BCUT2D eigenvalue weighted by Gasteiger charge is -2.39. The molecule has 2 heterocycles. The highest BCUT2D eigenvalue weighted by atomic mass is 35.5. The number of nitrogens with two attached hydrogens (primary N) is 1. The van der Waals surface area contributed by atoms with Crippen molar-refractivity contribution < 1.29 is 23.8 Å². The van der Waals surface area contributed by atoms with E-state index in [1.807, 2.05) is 18.0 Å². The van der Waals surface area contributed by atoms with Gasteiger partial charge < -0.3 is 20.9 Å². The van der Waals surface area contributed by atoms with Crippen LogP contribution in [-0.4, -0.2) is 69.7 Å². The number of rotatable bonds is 7. The van der Waals surface area contributed by atoms with Gasteiger partial charge in [0.25, 0.3) is 0 Å². The zero-order valence-electron chi connectivity index (χ0n) is 19.7. The van der Waals surface area contributed by atoms with Crippen LogP contribution in [-0.2, 0) is 11.3 Å². The average molecular weight is 517 g/mol. The molecule has 2 aromatic carbocycles. The summed E-state index contributed by atoms with van der Waals surface area (Å²) in [4.78, 5) is 35.1. The van der Waals surface area contributed by atoms with Crippen LogP contribution >= 0.6 is 11.6 Å². The molecule has 2 atom stereocenters. The van der Waals surface area contributed by atoms with Crippen LogP contribution in [0.25, 0.3) is 10.9 Å². The Hall–Kier alpha value is -3.70. The summed E-state index contributed by atoms with van der Waals surface area (Å²) in [5.74, 6) is -0.255. The Balaban J connectivity index is 1.62. The van der Waals surface area contributed by atoms with E-state index < -0.39 is 23.9 Å². The quantitative estimate of drug-likeness (QED) is 0.433. The van der Waals surface area contributed by atoms with Crippen molar-refractivity contribution >= 4 is 46.0 Å². The number of carbonyl (C=O) groups is 2. The fraction of sp³-hybridized carbons (Fsp3) is 0.333. The van der Waals surface area contributed by atoms with E-state index in [0.29, 0.717) is 35.4 Å². The van der Waals surface area contributed by atoms with Gasteiger partial charge in [-0.15, -0.1) is 0 Å². The number of piperidine rings is 1. The lowest BCUT2D eigenvalue weighted by Crippen LogP contribution is -2.55. The van der Waals surface area contributed by atoms with Crippen LogP contribution in [0.2, 0.25) is 5.02 Å². The monoisotopic (exact) mass is 516 g/mol. The Bertz CT molecular complexity index is 1310. The number of hydrogen-bond acceptors (Lipinski definition) is 7. The number of halogens is 2. The van der Waals surface area contributed by atoms with E-state index in [9.17, 15) is 19.1 Å². The third-order valence-corrected chi connectivity index (χ3v) is 6.73. The first-order valence-electron chi connectivity index (χ1n) is 11.2. The summed E-state index contributed by atoms with van der Waals surface area (Å²) in [6.45, 7) is 0.641. The minimum Gasteiger partial charge on any atom is -0.496 e. The first kappa shape index (κ1) is 25.4. The van der Waals surface area contributed by atoms with Crippen LogP contribution in [0.5, 0.6) is 5.75 Å². The number of anilines is 2. The van der Waals surface area contributed by atoms with Gasteiger partial charge in [0, 0.05) is 36.1 Å². The van der Waals surface area contributed by atoms with Gasteiger partial charge in [-0.25, -0.2) is 19.2 Å². The molecule has 36 heavy (non-hydrogen) atoms. The normalized spacial score (nSPS) is 17.9. The Kier molecular flexibility index (Phi) is 7.41. The molecule has 1 saturated heterocycles. The number of nitrogens with zero attached hydrogens (tertiary/aromatic N) is 4. The Morgan fingerprint density at radius 2 is 2.14 bits per heavy atom. The number of hydrogen-bond donors (Lipinski definition) is 3. The van der Waals surface area contributed by atoms with Crippen molar-refractivity contribution in [1.29, 1.82) is 0 Å². The van der Waals surface area contributed by atoms with Gasteiger partial charge in [0.2, 0.25) is 5.91 Å². The summed E-state index contributed by atoms with van der Waals surface area (Å²) in [6, 6.07) is 7.33. The van der Waals surface area contributed by atoms with Gasteiger partial charge in [-0.3, -0.25) is 14.6 Å². The number of ether oxygens (including phenoxy) is 1.